The van der Waals surface area contributed by atoms with E-state index in [4.69, 9.17) is 4.74 Å². The van der Waals surface area contributed by atoms with Crippen molar-refractivity contribution in [1.29, 1.82) is 0 Å². The fourth-order valence-corrected chi connectivity index (χ4v) is 4.09. The van der Waals surface area contributed by atoms with E-state index < -0.39 is 53.2 Å². The lowest BCUT2D eigenvalue weighted by Gasteiger charge is -2.45. The fraction of sp³-hybridized carbons (Fsp3) is 0.909. The Bertz CT molecular complexity index is 643. The minimum Gasteiger partial charge on any atom is -0.458 e. The minimum atomic E-state index is -5.80. The molecule has 1 fully saturated rings. The minimum absolute atomic E-state index is 0.123. The molecule has 1 atom stereocenters. The molecule has 0 aromatic carbocycles. The van der Waals surface area contributed by atoms with Gasteiger partial charge in [0.2, 0.25) is 0 Å². The molecule has 1 aliphatic rings. The SMILES string of the molecule is CC(C)CC(C)(C(=O)OC1(CC(=O)OC(C(F)(F)F)C(F)(F)F)CCCCC1)C(C)(C)C. The number of hydrogen-bond acceptors (Lipinski definition) is 4. The van der Waals surface area contributed by atoms with Crippen LogP contribution in [0.5, 0.6) is 0 Å². The Kier molecular flexibility index (Phi) is 8.74. The van der Waals surface area contributed by atoms with E-state index in [1.54, 1.807) is 6.92 Å². The summed E-state index contributed by atoms with van der Waals surface area (Å²) >= 11 is 0. The van der Waals surface area contributed by atoms with Gasteiger partial charge in [-0.25, -0.2) is 0 Å². The summed E-state index contributed by atoms with van der Waals surface area (Å²) in [5, 5.41) is 0. The number of ether oxygens (including phenoxy) is 2. The van der Waals surface area contributed by atoms with Crippen molar-refractivity contribution in [1.82, 2.24) is 0 Å². The molecule has 0 heterocycles. The predicted molar refractivity (Wildman–Crippen MR) is 106 cm³/mol. The molecule has 32 heavy (non-hydrogen) atoms. The largest absolute Gasteiger partial charge is 0.458 e. The Morgan fingerprint density at radius 3 is 1.72 bits per heavy atom. The summed E-state index contributed by atoms with van der Waals surface area (Å²) in [7, 11) is 0. The van der Waals surface area contributed by atoms with Crippen molar-refractivity contribution < 1.29 is 45.4 Å². The molecule has 10 heteroatoms. The van der Waals surface area contributed by atoms with Gasteiger partial charge in [-0.3, -0.25) is 9.59 Å². The summed E-state index contributed by atoms with van der Waals surface area (Å²) in [5.74, 6) is -2.18. The van der Waals surface area contributed by atoms with Crippen LogP contribution in [-0.2, 0) is 19.1 Å². The van der Waals surface area contributed by atoms with Gasteiger partial charge in [0, 0.05) is 0 Å². The number of rotatable bonds is 7. The van der Waals surface area contributed by atoms with E-state index in [0.29, 0.717) is 19.3 Å². The second-order valence-corrected chi connectivity index (χ2v) is 10.4. The maximum Gasteiger partial charge on any atom is 0.434 e. The first-order valence-corrected chi connectivity index (χ1v) is 10.8. The molecule has 0 saturated heterocycles. The molecular weight excluding hydrogens is 442 g/mol. The van der Waals surface area contributed by atoms with Gasteiger partial charge in [0.25, 0.3) is 6.10 Å². The Morgan fingerprint density at radius 2 is 1.34 bits per heavy atom. The molecule has 0 aromatic rings. The zero-order valence-electron chi connectivity index (χ0n) is 19.5. The van der Waals surface area contributed by atoms with Gasteiger partial charge in [-0.05, 0) is 50.4 Å². The molecule has 4 nitrogen and oxygen atoms in total. The van der Waals surface area contributed by atoms with Crippen LogP contribution in [0, 0.1) is 16.7 Å². The zero-order valence-corrected chi connectivity index (χ0v) is 19.5. The Labute approximate surface area is 185 Å². The molecule has 1 rings (SSSR count). The van der Waals surface area contributed by atoms with Crippen LogP contribution < -0.4 is 0 Å². The fourth-order valence-electron chi connectivity index (χ4n) is 4.09. The van der Waals surface area contributed by atoms with Gasteiger partial charge >= 0.3 is 24.3 Å². The molecule has 0 radical (unpaired) electrons. The van der Waals surface area contributed by atoms with Crippen LogP contribution in [0.1, 0.15) is 86.5 Å². The van der Waals surface area contributed by atoms with Gasteiger partial charge in [0.1, 0.15) is 5.60 Å². The van der Waals surface area contributed by atoms with Crippen molar-refractivity contribution in [2.75, 3.05) is 0 Å². The highest BCUT2D eigenvalue weighted by Gasteiger charge is 2.60. The molecule has 1 aliphatic carbocycles. The number of alkyl halides is 6. The lowest BCUT2D eigenvalue weighted by Crippen LogP contribution is -2.50. The van der Waals surface area contributed by atoms with Gasteiger partial charge < -0.3 is 9.47 Å². The van der Waals surface area contributed by atoms with E-state index in [2.05, 4.69) is 4.74 Å². The number of esters is 2. The van der Waals surface area contributed by atoms with E-state index in [0.717, 1.165) is 6.42 Å². The van der Waals surface area contributed by atoms with Crippen LogP contribution in [0.25, 0.3) is 0 Å². The lowest BCUT2D eigenvalue weighted by molar-refractivity contribution is -0.314. The van der Waals surface area contributed by atoms with E-state index in [-0.39, 0.29) is 18.8 Å². The predicted octanol–water partition coefficient (Wildman–Crippen LogP) is 6.76. The summed E-state index contributed by atoms with van der Waals surface area (Å²) in [6, 6.07) is 0. The smallest absolute Gasteiger partial charge is 0.434 e. The van der Waals surface area contributed by atoms with Gasteiger partial charge in [-0.2, -0.15) is 26.3 Å². The third-order valence-corrected chi connectivity index (χ3v) is 6.31. The quantitative estimate of drug-likeness (QED) is 0.301. The van der Waals surface area contributed by atoms with Crippen molar-refractivity contribution >= 4 is 11.9 Å². The van der Waals surface area contributed by atoms with Crippen LogP contribution in [0.3, 0.4) is 0 Å². The van der Waals surface area contributed by atoms with Crippen LogP contribution >= 0.6 is 0 Å². The molecule has 1 unspecified atom stereocenters. The lowest BCUT2D eigenvalue weighted by atomic mass is 9.64. The first-order valence-electron chi connectivity index (χ1n) is 10.8. The second-order valence-electron chi connectivity index (χ2n) is 10.4. The van der Waals surface area contributed by atoms with Crippen LogP contribution in [-0.4, -0.2) is 36.0 Å². The topological polar surface area (TPSA) is 52.6 Å². The summed E-state index contributed by atoms with van der Waals surface area (Å²) in [5.41, 5.74) is -3.00. The van der Waals surface area contributed by atoms with Gasteiger partial charge in [-0.1, -0.05) is 41.0 Å². The summed E-state index contributed by atoms with van der Waals surface area (Å²) in [4.78, 5) is 25.5. The normalized spacial score (nSPS) is 19.6. The van der Waals surface area contributed by atoms with Crippen LogP contribution in [0.2, 0.25) is 0 Å². The Morgan fingerprint density at radius 1 is 0.875 bits per heavy atom. The van der Waals surface area contributed by atoms with Gasteiger partial charge in [-0.15, -0.1) is 0 Å². The van der Waals surface area contributed by atoms with Gasteiger partial charge in [0.05, 0.1) is 11.8 Å². The van der Waals surface area contributed by atoms with Crippen LogP contribution in [0.15, 0.2) is 0 Å². The van der Waals surface area contributed by atoms with Crippen molar-refractivity contribution in [2.45, 2.75) is 111 Å². The van der Waals surface area contributed by atoms with E-state index in [1.165, 1.54) is 0 Å². The number of carbonyl (C=O) groups is 2. The molecule has 0 spiro atoms. The summed E-state index contributed by atoms with van der Waals surface area (Å²) in [6.45, 7) is 11.2. The molecule has 188 valence electrons. The van der Waals surface area contributed by atoms with Crippen molar-refractivity contribution in [3.05, 3.63) is 0 Å². The Balaban J connectivity index is 3.16. The number of hydrogen-bond donors (Lipinski definition) is 0. The third kappa shape index (κ3) is 7.27. The molecule has 0 bridgehead atoms. The standard InChI is InChI=1S/C22H34F6O4/c1-14(2)12-19(6,18(3,4)5)17(30)32-20(10-8-7-9-11-20)13-15(29)31-16(21(23,24)25)22(26,27)28/h14,16H,7-13H2,1-6H3. The first kappa shape index (κ1) is 28.6. The number of carbonyl (C=O) groups excluding carboxylic acids is 2. The van der Waals surface area contributed by atoms with Crippen molar-refractivity contribution in [3.8, 4) is 0 Å². The maximum absolute atomic E-state index is 13.3. The molecule has 0 aromatic heterocycles. The van der Waals surface area contributed by atoms with E-state index >= 15 is 0 Å². The second kappa shape index (κ2) is 9.79. The average molecular weight is 476 g/mol. The Hall–Kier alpha value is -1.48. The monoisotopic (exact) mass is 476 g/mol. The number of halogens is 6. The molecule has 1 saturated carbocycles. The van der Waals surface area contributed by atoms with E-state index in [9.17, 15) is 35.9 Å². The van der Waals surface area contributed by atoms with Crippen molar-refractivity contribution in [3.63, 3.8) is 0 Å². The van der Waals surface area contributed by atoms with Gasteiger partial charge in [0.15, 0.2) is 0 Å². The highest BCUT2D eigenvalue weighted by Crippen LogP contribution is 2.47. The summed E-state index contributed by atoms with van der Waals surface area (Å²) < 4.78 is 86.3. The summed E-state index contributed by atoms with van der Waals surface area (Å²) in [6.07, 6.45) is -14.1. The average Bonchev–Trinajstić information content (AvgIpc) is 2.56. The molecule has 0 amide bonds. The first-order chi connectivity index (χ1) is 14.2. The highest BCUT2D eigenvalue weighted by molar-refractivity contribution is 5.79. The van der Waals surface area contributed by atoms with E-state index in [1.807, 2.05) is 34.6 Å². The highest BCUT2D eigenvalue weighted by atomic mass is 19.4. The molecule has 0 aliphatic heterocycles. The third-order valence-electron chi connectivity index (χ3n) is 6.31. The zero-order chi connectivity index (χ0) is 25.2. The van der Waals surface area contributed by atoms with Crippen LogP contribution in [0.4, 0.5) is 26.3 Å². The van der Waals surface area contributed by atoms with Crippen molar-refractivity contribution in [2.24, 2.45) is 16.7 Å². The maximum atomic E-state index is 13.3. The molecule has 0 N–H and O–H groups in total. The molecular formula is C22H34F6O4.